The largest absolute Gasteiger partial charge is 0.462 e. The Bertz CT molecular complexity index is 1290. The molecule has 0 aromatic heterocycles. The molecule has 0 aromatic rings. The first kappa shape index (κ1) is 36.6. The zero-order valence-corrected chi connectivity index (χ0v) is 30.7. The summed E-state index contributed by atoms with van der Waals surface area (Å²) in [5.74, 6) is 0.0685. The molecule has 0 unspecified atom stereocenters. The number of esters is 1. The van der Waals surface area contributed by atoms with Gasteiger partial charge < -0.3 is 4.74 Å². The third-order valence-electron chi connectivity index (χ3n) is 13.7. The summed E-state index contributed by atoms with van der Waals surface area (Å²) in [5, 5.41) is 9.95. The van der Waals surface area contributed by atoms with Crippen molar-refractivity contribution in [3.8, 4) is 6.07 Å². The van der Waals surface area contributed by atoms with Gasteiger partial charge >= 0.3 is 5.97 Å². The smallest absolute Gasteiger partial charge is 0.306 e. The summed E-state index contributed by atoms with van der Waals surface area (Å²) in [5.41, 5.74) is -0.143. The van der Waals surface area contributed by atoms with E-state index in [1.54, 1.807) is 0 Å². The molecule has 2 fully saturated rings. The zero-order chi connectivity index (χ0) is 34.2. The number of carbonyl (C=O) groups is 3. The minimum Gasteiger partial charge on any atom is -0.462 e. The molecule has 0 aliphatic heterocycles. The number of rotatable bonds is 12. The van der Waals surface area contributed by atoms with Crippen molar-refractivity contribution in [2.45, 2.75) is 171 Å². The van der Waals surface area contributed by atoms with Crippen LogP contribution in [0.5, 0.6) is 0 Å². The Balaban J connectivity index is 1.59. The summed E-state index contributed by atoms with van der Waals surface area (Å²) in [4.78, 5) is 40.0. The van der Waals surface area contributed by atoms with E-state index < -0.39 is 10.8 Å². The first-order chi connectivity index (χ1) is 21.3. The van der Waals surface area contributed by atoms with Gasteiger partial charge in [0.2, 0.25) is 0 Å². The number of allylic oxidation sites excluding steroid dienone is 4. The third-order valence-corrected chi connectivity index (χ3v) is 13.7. The van der Waals surface area contributed by atoms with Crippen LogP contribution in [-0.4, -0.2) is 23.6 Å². The van der Waals surface area contributed by atoms with Crippen molar-refractivity contribution in [1.29, 1.82) is 5.26 Å². The Morgan fingerprint density at radius 2 is 1.63 bits per heavy atom. The van der Waals surface area contributed by atoms with Crippen LogP contribution in [0.2, 0.25) is 0 Å². The zero-order valence-electron chi connectivity index (χ0n) is 30.7. The molecule has 4 aliphatic rings. The molecule has 0 bridgehead atoms. The summed E-state index contributed by atoms with van der Waals surface area (Å²) >= 11 is 0. The van der Waals surface area contributed by atoms with E-state index in [0.29, 0.717) is 12.8 Å². The molecule has 2 saturated carbocycles. The van der Waals surface area contributed by atoms with E-state index in [-0.39, 0.29) is 56.8 Å². The average molecular weight is 634 g/mol. The van der Waals surface area contributed by atoms with Crippen molar-refractivity contribution in [2.24, 2.45) is 38.4 Å². The molecular weight excluding hydrogens is 570 g/mol. The number of ketones is 2. The Kier molecular flexibility index (Phi) is 10.6. The van der Waals surface area contributed by atoms with Crippen molar-refractivity contribution in [2.75, 3.05) is 0 Å². The molecule has 0 aromatic carbocycles. The summed E-state index contributed by atoms with van der Waals surface area (Å²) < 4.78 is 5.95. The van der Waals surface area contributed by atoms with Crippen molar-refractivity contribution in [3.63, 3.8) is 0 Å². The summed E-state index contributed by atoms with van der Waals surface area (Å²) in [6.07, 6.45) is 19.3. The van der Waals surface area contributed by atoms with E-state index in [1.165, 1.54) is 12.8 Å². The second-order valence-electron chi connectivity index (χ2n) is 18.2. The second-order valence-corrected chi connectivity index (χ2v) is 18.2. The number of hydrogen-bond acceptors (Lipinski definition) is 5. The number of fused-ring (bicyclic) bond motifs is 3. The lowest BCUT2D eigenvalue weighted by Crippen LogP contribution is -2.57. The van der Waals surface area contributed by atoms with E-state index in [4.69, 9.17) is 4.74 Å². The number of nitrogens with zero attached hydrogens (tertiary/aromatic N) is 1. The monoisotopic (exact) mass is 633 g/mol. The van der Waals surface area contributed by atoms with Crippen LogP contribution >= 0.6 is 0 Å². The highest BCUT2D eigenvalue weighted by Crippen LogP contribution is 2.69. The van der Waals surface area contributed by atoms with Gasteiger partial charge in [-0.3, -0.25) is 14.4 Å². The standard InChI is InChI=1S/C41H63NO4/c1-10-18-36(2,3)21-22-38(6,19-17-34(44)46-31-14-12-11-13-15-31)23-24-39(7)27-30(43)25-33-40(8)26-29(28-42)35(45)37(4,5)32(40)16-20-41(33,39)9/h25-26,31-32H,10-24,27H2,1-9H3/t32-,38-,39+,40-,41+/m0/s1. The molecule has 0 N–H and O–H groups in total. The van der Waals surface area contributed by atoms with Crippen LogP contribution in [0.4, 0.5) is 0 Å². The molecule has 4 aliphatic carbocycles. The van der Waals surface area contributed by atoms with Gasteiger partial charge in [-0.15, -0.1) is 0 Å². The van der Waals surface area contributed by atoms with Crippen LogP contribution in [-0.2, 0) is 19.1 Å². The summed E-state index contributed by atoms with van der Waals surface area (Å²) in [6, 6.07) is 2.20. The van der Waals surface area contributed by atoms with Crippen LogP contribution in [0.15, 0.2) is 23.3 Å². The van der Waals surface area contributed by atoms with Crippen LogP contribution < -0.4 is 0 Å². The van der Waals surface area contributed by atoms with Gasteiger partial charge in [-0.25, -0.2) is 0 Å². The summed E-state index contributed by atoms with van der Waals surface area (Å²) in [7, 11) is 0. The number of hydrogen-bond donors (Lipinski definition) is 0. The lowest BCUT2D eigenvalue weighted by molar-refractivity contribution is -0.151. The summed E-state index contributed by atoms with van der Waals surface area (Å²) in [6.45, 7) is 20.2. The number of Topliss-reactive ketones (excluding diaryl/α,β-unsaturated/α-hetero) is 1. The van der Waals surface area contributed by atoms with E-state index >= 15 is 0 Å². The molecule has 256 valence electrons. The van der Waals surface area contributed by atoms with Gasteiger partial charge in [-0.1, -0.05) is 86.8 Å². The van der Waals surface area contributed by atoms with Crippen LogP contribution in [0.3, 0.4) is 0 Å². The maximum absolute atomic E-state index is 13.6. The van der Waals surface area contributed by atoms with Gasteiger partial charge in [0.1, 0.15) is 12.2 Å². The molecule has 0 heterocycles. The van der Waals surface area contributed by atoms with Gasteiger partial charge in [0.25, 0.3) is 0 Å². The Labute approximate surface area is 280 Å². The molecule has 5 heteroatoms. The third kappa shape index (κ3) is 7.12. The number of nitriles is 1. The minimum absolute atomic E-state index is 0.0420. The maximum atomic E-state index is 13.6. The van der Waals surface area contributed by atoms with Gasteiger partial charge in [-0.2, -0.15) is 5.26 Å². The van der Waals surface area contributed by atoms with Gasteiger partial charge in [0, 0.05) is 23.7 Å². The van der Waals surface area contributed by atoms with Crippen LogP contribution in [0.25, 0.3) is 0 Å². The normalized spacial score (nSPS) is 32.7. The Morgan fingerprint density at radius 1 is 0.957 bits per heavy atom. The fraction of sp³-hybridized carbons (Fsp3) is 0.805. The molecule has 46 heavy (non-hydrogen) atoms. The molecule has 5 nitrogen and oxygen atoms in total. The van der Waals surface area contributed by atoms with Crippen molar-refractivity contribution >= 4 is 17.5 Å². The van der Waals surface area contributed by atoms with Crippen molar-refractivity contribution < 1.29 is 19.1 Å². The molecular formula is C41H63NO4. The van der Waals surface area contributed by atoms with E-state index in [9.17, 15) is 19.6 Å². The average Bonchev–Trinajstić information content (AvgIpc) is 2.98. The first-order valence-electron chi connectivity index (χ1n) is 18.5. The quantitative estimate of drug-likeness (QED) is 0.200. The van der Waals surface area contributed by atoms with Crippen molar-refractivity contribution in [1.82, 2.24) is 0 Å². The number of carbonyl (C=O) groups excluding carboxylic acids is 3. The molecule has 4 rings (SSSR count). The lowest BCUT2D eigenvalue weighted by atomic mass is 9.40. The predicted octanol–water partition coefficient (Wildman–Crippen LogP) is 10.4. The second kappa shape index (κ2) is 13.4. The van der Waals surface area contributed by atoms with Gasteiger partial charge in [0.05, 0.1) is 5.57 Å². The number of ether oxygens (including phenoxy) is 1. The lowest BCUT2D eigenvalue weighted by Gasteiger charge is -2.63. The maximum Gasteiger partial charge on any atom is 0.306 e. The molecule has 0 amide bonds. The Morgan fingerprint density at radius 3 is 2.26 bits per heavy atom. The molecule has 0 saturated heterocycles. The fourth-order valence-electron chi connectivity index (χ4n) is 10.2. The van der Waals surface area contributed by atoms with Gasteiger partial charge in [0.15, 0.2) is 11.6 Å². The van der Waals surface area contributed by atoms with Crippen LogP contribution in [0.1, 0.15) is 165 Å². The fourth-order valence-corrected chi connectivity index (χ4v) is 10.2. The highest BCUT2D eigenvalue weighted by molar-refractivity contribution is 6.04. The molecule has 0 radical (unpaired) electrons. The minimum atomic E-state index is -0.663. The first-order valence-corrected chi connectivity index (χ1v) is 18.5. The van der Waals surface area contributed by atoms with Crippen LogP contribution in [0, 0.1) is 49.7 Å². The highest BCUT2D eigenvalue weighted by atomic mass is 16.5. The van der Waals surface area contributed by atoms with Crippen molar-refractivity contribution in [3.05, 3.63) is 23.3 Å². The van der Waals surface area contributed by atoms with E-state index in [0.717, 1.165) is 82.6 Å². The van der Waals surface area contributed by atoms with E-state index in [1.807, 2.05) is 26.0 Å². The SMILES string of the molecule is CCCC(C)(C)CC[C@](C)(CCC(=O)OC1CCCCC1)CC[C@]1(C)CC(=O)C=C2[C@@]3(C)C=C(C#N)C(=O)C(C)(C)[C@@H]3CC[C@]21C. The highest BCUT2D eigenvalue weighted by Gasteiger charge is 2.63. The topological polar surface area (TPSA) is 84.2 Å². The molecule has 5 atom stereocenters. The van der Waals surface area contributed by atoms with Gasteiger partial charge in [-0.05, 0) is 111 Å². The molecule has 0 spiro atoms. The van der Waals surface area contributed by atoms with E-state index in [2.05, 4.69) is 54.5 Å². The predicted molar refractivity (Wildman–Crippen MR) is 185 cm³/mol. The Hall–Kier alpha value is -2.22.